The highest BCUT2D eigenvalue weighted by atomic mass is 35.5. The molecule has 6 nitrogen and oxygen atoms in total. The summed E-state index contributed by atoms with van der Waals surface area (Å²) in [7, 11) is 0.658. The van der Waals surface area contributed by atoms with Crippen LogP contribution in [0.15, 0.2) is 47.4 Å². The van der Waals surface area contributed by atoms with E-state index in [9.17, 15) is 13.2 Å². The van der Waals surface area contributed by atoms with Gasteiger partial charge in [0.1, 0.15) is 0 Å². The van der Waals surface area contributed by atoms with Crippen LogP contribution in [0.4, 0.5) is 5.13 Å². The van der Waals surface area contributed by atoms with Crippen molar-refractivity contribution < 1.29 is 13.2 Å². The van der Waals surface area contributed by atoms with Crippen molar-refractivity contribution in [3.05, 3.63) is 53.1 Å². The zero-order valence-electron chi connectivity index (χ0n) is 18.7. The zero-order chi connectivity index (χ0) is 23.5. The highest BCUT2D eigenvalue weighted by Crippen LogP contribution is 2.31. The number of fused-ring (bicyclic) bond motifs is 1. The van der Waals surface area contributed by atoms with Crippen molar-refractivity contribution in [2.24, 2.45) is 0 Å². The Morgan fingerprint density at radius 2 is 1.78 bits per heavy atom. The number of halogens is 1. The molecule has 9 heteroatoms. The molecule has 0 aliphatic carbocycles. The molecule has 0 spiro atoms. The maximum atomic E-state index is 13.3. The van der Waals surface area contributed by atoms with Crippen LogP contribution >= 0.6 is 22.9 Å². The Morgan fingerprint density at radius 1 is 1.09 bits per heavy atom. The summed E-state index contributed by atoms with van der Waals surface area (Å²) >= 11 is 7.55. The molecule has 172 valence electrons. The lowest BCUT2D eigenvalue weighted by Gasteiger charge is -2.21. The fourth-order valence-corrected chi connectivity index (χ4v) is 5.56. The number of amides is 1. The van der Waals surface area contributed by atoms with Gasteiger partial charge in [0.2, 0.25) is 5.91 Å². The predicted molar refractivity (Wildman–Crippen MR) is 133 cm³/mol. The average Bonchev–Trinajstić information content (AvgIpc) is 3.13. The molecule has 0 aliphatic rings. The van der Waals surface area contributed by atoms with E-state index in [0.29, 0.717) is 16.7 Å². The monoisotopic (exact) mass is 493 g/mol. The lowest BCUT2D eigenvalue weighted by molar-refractivity contribution is -0.118. The second-order valence-corrected chi connectivity index (χ2v) is 12.2. The van der Waals surface area contributed by atoms with Crippen molar-refractivity contribution in [2.45, 2.75) is 36.8 Å². The average molecular weight is 494 g/mol. The van der Waals surface area contributed by atoms with Crippen molar-refractivity contribution in [1.82, 2.24) is 9.88 Å². The number of benzene rings is 2. The summed E-state index contributed by atoms with van der Waals surface area (Å²) in [6.07, 6.45) is 0.974. The summed E-state index contributed by atoms with van der Waals surface area (Å²) in [5, 5.41) is 0.786. The molecule has 3 rings (SSSR count). The summed E-state index contributed by atoms with van der Waals surface area (Å²) in [4.78, 5) is 22.0. The van der Waals surface area contributed by atoms with E-state index in [1.54, 1.807) is 49.1 Å². The molecule has 2 aromatic carbocycles. The van der Waals surface area contributed by atoms with E-state index >= 15 is 0 Å². The van der Waals surface area contributed by atoms with Crippen LogP contribution in [0.25, 0.3) is 10.2 Å². The third kappa shape index (κ3) is 5.86. The van der Waals surface area contributed by atoms with E-state index in [2.05, 4.69) is 9.88 Å². The minimum absolute atomic E-state index is 0.0756. The molecule has 3 aromatic rings. The number of carbonyl (C=O) groups excluding carboxylic acids is 1. The predicted octanol–water partition coefficient (Wildman–Crippen LogP) is 4.66. The largest absolute Gasteiger partial charge is 0.309 e. The molecular formula is C23H28ClN3O3S2. The molecule has 1 aromatic heterocycles. The van der Waals surface area contributed by atoms with Crippen LogP contribution in [0.5, 0.6) is 0 Å². The molecule has 0 unspecified atom stereocenters. The van der Waals surface area contributed by atoms with Gasteiger partial charge in [0.15, 0.2) is 15.0 Å². The van der Waals surface area contributed by atoms with Gasteiger partial charge in [-0.3, -0.25) is 9.69 Å². The Kier molecular flexibility index (Phi) is 7.92. The van der Waals surface area contributed by atoms with Crippen LogP contribution < -0.4 is 4.90 Å². The van der Waals surface area contributed by atoms with Gasteiger partial charge in [0, 0.05) is 11.6 Å². The molecule has 1 amide bonds. The van der Waals surface area contributed by atoms with Crippen molar-refractivity contribution in [3.63, 3.8) is 0 Å². The third-order valence-electron chi connectivity index (χ3n) is 5.09. The van der Waals surface area contributed by atoms with Gasteiger partial charge in [-0.25, -0.2) is 13.4 Å². The van der Waals surface area contributed by atoms with Crippen molar-refractivity contribution in [2.75, 3.05) is 32.1 Å². The normalized spacial score (nSPS) is 12.1. The summed E-state index contributed by atoms with van der Waals surface area (Å²) in [6, 6.07) is 12.1. The van der Waals surface area contributed by atoms with Gasteiger partial charge < -0.3 is 4.90 Å². The highest BCUT2D eigenvalue weighted by Gasteiger charge is 2.22. The van der Waals surface area contributed by atoms with Crippen molar-refractivity contribution in [1.29, 1.82) is 0 Å². The summed E-state index contributed by atoms with van der Waals surface area (Å²) in [5.41, 5.74) is 1.57. The molecule has 0 atom stereocenters. The molecule has 0 bridgehead atoms. The number of sulfone groups is 1. The first kappa shape index (κ1) is 24.6. The molecular weight excluding hydrogens is 466 g/mol. The summed E-state index contributed by atoms with van der Waals surface area (Å²) < 4.78 is 25.6. The number of rotatable bonds is 9. The number of hydrogen-bond acceptors (Lipinski definition) is 6. The Balaban J connectivity index is 1.83. The van der Waals surface area contributed by atoms with Crippen LogP contribution in [0.1, 0.15) is 25.8 Å². The SMILES string of the molecule is CC(C)S(=O)(=O)c1ccc(CC(=O)N(CCCN(C)C)c2nc3ccc(Cl)cc3s2)cc1. The second-order valence-electron chi connectivity index (χ2n) is 8.23. The maximum Gasteiger partial charge on any atom is 0.233 e. The minimum atomic E-state index is -3.34. The van der Waals surface area contributed by atoms with Crippen LogP contribution in [-0.2, 0) is 21.1 Å². The molecule has 0 N–H and O–H groups in total. The molecule has 0 radical (unpaired) electrons. The number of thiazole rings is 1. The smallest absolute Gasteiger partial charge is 0.233 e. The van der Waals surface area contributed by atoms with Gasteiger partial charge in [0.05, 0.1) is 26.8 Å². The topological polar surface area (TPSA) is 70.6 Å². The zero-order valence-corrected chi connectivity index (χ0v) is 21.1. The number of nitrogens with zero attached hydrogens (tertiary/aromatic N) is 3. The second kappa shape index (κ2) is 10.3. The van der Waals surface area contributed by atoms with Crippen LogP contribution in [0, 0.1) is 0 Å². The first-order chi connectivity index (χ1) is 15.1. The quantitative estimate of drug-likeness (QED) is 0.433. The third-order valence-corrected chi connectivity index (χ3v) is 8.53. The van der Waals surface area contributed by atoms with Crippen molar-refractivity contribution in [3.8, 4) is 0 Å². The summed E-state index contributed by atoms with van der Waals surface area (Å²) in [6.45, 7) is 4.71. The van der Waals surface area contributed by atoms with Gasteiger partial charge in [-0.15, -0.1) is 0 Å². The van der Waals surface area contributed by atoms with Crippen LogP contribution in [0.3, 0.4) is 0 Å². The molecule has 0 fully saturated rings. The van der Waals surface area contributed by atoms with E-state index < -0.39 is 15.1 Å². The highest BCUT2D eigenvalue weighted by molar-refractivity contribution is 7.92. The van der Waals surface area contributed by atoms with Gasteiger partial charge in [-0.05, 0) is 76.8 Å². The Labute approximate surface area is 198 Å². The first-order valence-electron chi connectivity index (χ1n) is 10.4. The van der Waals surface area contributed by atoms with E-state index in [4.69, 9.17) is 11.6 Å². The number of hydrogen-bond donors (Lipinski definition) is 0. The van der Waals surface area contributed by atoms with Gasteiger partial charge >= 0.3 is 0 Å². The van der Waals surface area contributed by atoms with Gasteiger partial charge in [-0.1, -0.05) is 35.1 Å². The standard InChI is InChI=1S/C23H28ClN3O3S2/c1-16(2)32(29,30)19-9-6-17(7-10-19)14-22(28)27(13-5-12-26(3)4)23-25-20-11-8-18(24)15-21(20)31-23/h6-11,15-16H,5,12-14H2,1-4H3. The van der Waals surface area contributed by atoms with E-state index in [1.165, 1.54) is 11.3 Å². The Hall–Kier alpha value is -2.00. The minimum Gasteiger partial charge on any atom is -0.309 e. The molecule has 0 aliphatic heterocycles. The first-order valence-corrected chi connectivity index (χ1v) is 13.2. The van der Waals surface area contributed by atoms with Crippen LogP contribution in [-0.4, -0.2) is 56.6 Å². The summed E-state index contributed by atoms with van der Waals surface area (Å²) in [5.74, 6) is -0.0756. The molecule has 0 saturated heterocycles. The molecule has 0 saturated carbocycles. The molecule has 32 heavy (non-hydrogen) atoms. The van der Waals surface area contributed by atoms with Crippen LogP contribution in [0.2, 0.25) is 5.02 Å². The Bertz CT molecular complexity index is 1190. The maximum absolute atomic E-state index is 13.3. The molecule has 1 heterocycles. The number of anilines is 1. The lowest BCUT2D eigenvalue weighted by atomic mass is 10.1. The number of aromatic nitrogens is 1. The van der Waals surface area contributed by atoms with E-state index in [-0.39, 0.29) is 17.2 Å². The Morgan fingerprint density at radius 3 is 2.41 bits per heavy atom. The fourth-order valence-electron chi connectivity index (χ4n) is 3.21. The number of carbonyl (C=O) groups is 1. The van der Waals surface area contributed by atoms with E-state index in [0.717, 1.165) is 28.7 Å². The van der Waals surface area contributed by atoms with Crippen molar-refractivity contribution >= 4 is 54.0 Å². The van der Waals surface area contributed by atoms with E-state index in [1.807, 2.05) is 26.2 Å². The lowest BCUT2D eigenvalue weighted by Crippen LogP contribution is -2.34. The van der Waals surface area contributed by atoms with Gasteiger partial charge in [0.25, 0.3) is 0 Å². The van der Waals surface area contributed by atoms with Gasteiger partial charge in [-0.2, -0.15) is 0 Å². The fraction of sp³-hybridized carbons (Fsp3) is 0.391.